The number of nitrogens with two attached hydrogens (primary N) is 1. The average Bonchev–Trinajstić information content (AvgIpc) is 2.64. The third-order valence-corrected chi connectivity index (χ3v) is 4.36. The van der Waals surface area contributed by atoms with Crippen molar-refractivity contribution in [3.63, 3.8) is 0 Å². The number of fused-ring (bicyclic) bond motifs is 1. The SMILES string of the molecule is CS(=O)(=O)Oc1c(C#N)cc2ccccc2c1C(N)=O.O=C(O)CC(O)(CC(=O)O)C(=O)O. The molecule has 0 saturated carbocycles. The summed E-state index contributed by atoms with van der Waals surface area (Å²) in [5.74, 6) is -6.22. The van der Waals surface area contributed by atoms with Crippen LogP contribution in [-0.4, -0.2) is 64.5 Å². The van der Waals surface area contributed by atoms with Crippen molar-refractivity contribution in [3.8, 4) is 11.8 Å². The van der Waals surface area contributed by atoms with Gasteiger partial charge in [0.25, 0.3) is 5.91 Å². The summed E-state index contributed by atoms with van der Waals surface area (Å²) in [5, 5.41) is 43.9. The molecule has 0 aliphatic rings. The van der Waals surface area contributed by atoms with E-state index >= 15 is 0 Å². The summed E-state index contributed by atoms with van der Waals surface area (Å²) in [6.07, 6.45) is -1.46. The first-order valence-electron chi connectivity index (χ1n) is 8.65. The third-order valence-electron chi connectivity index (χ3n) is 3.89. The van der Waals surface area contributed by atoms with Crippen LogP contribution >= 0.6 is 0 Å². The van der Waals surface area contributed by atoms with Gasteiger partial charge >= 0.3 is 28.0 Å². The number of amides is 1. The van der Waals surface area contributed by atoms with E-state index in [-0.39, 0.29) is 16.9 Å². The minimum atomic E-state index is -3.89. The maximum atomic E-state index is 11.6. The Morgan fingerprint density at radius 3 is 2.00 bits per heavy atom. The van der Waals surface area contributed by atoms with Gasteiger partial charge in [0.1, 0.15) is 6.07 Å². The van der Waals surface area contributed by atoms with Gasteiger partial charge in [-0.3, -0.25) is 14.4 Å². The quantitative estimate of drug-likeness (QED) is 0.310. The Morgan fingerprint density at radius 1 is 1.09 bits per heavy atom. The fourth-order valence-corrected chi connectivity index (χ4v) is 3.08. The molecule has 0 unspecified atom stereocenters. The number of primary amides is 1. The highest BCUT2D eigenvalue weighted by Gasteiger charge is 2.40. The summed E-state index contributed by atoms with van der Waals surface area (Å²) in [5.41, 5.74) is 2.37. The van der Waals surface area contributed by atoms with Gasteiger partial charge in [0.05, 0.1) is 30.2 Å². The van der Waals surface area contributed by atoms with Crippen LogP contribution in [0.5, 0.6) is 5.75 Å². The fraction of sp³-hybridized carbons (Fsp3) is 0.211. The van der Waals surface area contributed by atoms with Crippen LogP contribution in [-0.2, 0) is 24.5 Å². The summed E-state index contributed by atoms with van der Waals surface area (Å²) in [7, 11) is -3.89. The highest BCUT2D eigenvalue weighted by Crippen LogP contribution is 2.32. The maximum Gasteiger partial charge on any atom is 0.336 e. The average molecular weight is 482 g/mol. The Bertz CT molecular complexity index is 1250. The molecule has 33 heavy (non-hydrogen) atoms. The molecule has 2 aromatic carbocycles. The predicted octanol–water partition coefficient (Wildman–Crippen LogP) is -0.0997. The Balaban J connectivity index is 0.000000366. The number of carbonyl (C=O) groups excluding carboxylic acids is 1. The highest BCUT2D eigenvalue weighted by molar-refractivity contribution is 7.86. The van der Waals surface area contributed by atoms with Crippen LogP contribution in [0, 0.1) is 11.3 Å². The number of aliphatic hydroxyl groups is 1. The third kappa shape index (κ3) is 7.45. The van der Waals surface area contributed by atoms with Crippen molar-refractivity contribution in [2.24, 2.45) is 5.73 Å². The van der Waals surface area contributed by atoms with Gasteiger partial charge in [0.2, 0.25) is 0 Å². The molecular formula is C19H18N2O11S. The molecule has 0 aliphatic carbocycles. The van der Waals surface area contributed by atoms with Crippen molar-refractivity contribution >= 4 is 44.7 Å². The zero-order valence-corrected chi connectivity index (χ0v) is 17.7. The maximum absolute atomic E-state index is 11.6. The molecule has 1 amide bonds. The lowest BCUT2D eigenvalue weighted by molar-refractivity contribution is -0.170. The molecule has 2 aromatic rings. The van der Waals surface area contributed by atoms with E-state index < -0.39 is 52.4 Å². The largest absolute Gasteiger partial charge is 0.481 e. The van der Waals surface area contributed by atoms with Gasteiger partial charge in [-0.1, -0.05) is 24.3 Å². The lowest BCUT2D eigenvalue weighted by Gasteiger charge is -2.18. The number of carbonyl (C=O) groups is 4. The van der Waals surface area contributed by atoms with E-state index in [4.69, 9.17) is 35.6 Å². The van der Waals surface area contributed by atoms with Crippen LogP contribution in [0.1, 0.15) is 28.8 Å². The molecule has 0 aromatic heterocycles. The van der Waals surface area contributed by atoms with Crippen molar-refractivity contribution in [2.75, 3.05) is 6.26 Å². The highest BCUT2D eigenvalue weighted by atomic mass is 32.2. The number of carboxylic acids is 3. The van der Waals surface area contributed by atoms with E-state index in [0.717, 1.165) is 6.26 Å². The van der Waals surface area contributed by atoms with Crippen LogP contribution in [0.3, 0.4) is 0 Å². The van der Waals surface area contributed by atoms with Crippen LogP contribution < -0.4 is 9.92 Å². The molecule has 13 nitrogen and oxygen atoms in total. The van der Waals surface area contributed by atoms with Crippen LogP contribution in [0.25, 0.3) is 10.8 Å². The van der Waals surface area contributed by atoms with E-state index in [1.54, 1.807) is 24.3 Å². The molecule has 0 spiro atoms. The zero-order valence-electron chi connectivity index (χ0n) is 16.9. The van der Waals surface area contributed by atoms with Gasteiger partial charge in [-0.2, -0.15) is 13.7 Å². The number of aliphatic carboxylic acids is 3. The number of hydrogen-bond acceptors (Lipinski definition) is 9. The Kier molecular flexibility index (Phi) is 8.45. The molecule has 0 heterocycles. The number of nitrogens with zero attached hydrogens (tertiary/aromatic N) is 1. The molecule has 176 valence electrons. The number of hydrogen-bond donors (Lipinski definition) is 5. The first-order chi connectivity index (χ1) is 15.1. The second-order valence-electron chi connectivity index (χ2n) is 6.59. The molecule has 0 aliphatic heterocycles. The number of benzene rings is 2. The van der Waals surface area contributed by atoms with Gasteiger partial charge in [0.15, 0.2) is 11.4 Å². The summed E-state index contributed by atoms with van der Waals surface area (Å²) >= 11 is 0. The van der Waals surface area contributed by atoms with Crippen molar-refractivity contribution in [2.45, 2.75) is 18.4 Å². The zero-order chi connectivity index (χ0) is 25.6. The molecule has 0 bridgehead atoms. The summed E-state index contributed by atoms with van der Waals surface area (Å²) < 4.78 is 27.4. The molecule has 0 radical (unpaired) electrons. The minimum absolute atomic E-state index is 0.0667. The molecule has 0 saturated heterocycles. The number of nitriles is 1. The van der Waals surface area contributed by atoms with E-state index in [1.807, 2.05) is 6.07 Å². The predicted molar refractivity (Wildman–Crippen MR) is 110 cm³/mol. The van der Waals surface area contributed by atoms with Gasteiger partial charge in [-0.25, -0.2) is 4.79 Å². The van der Waals surface area contributed by atoms with E-state index in [9.17, 15) is 27.6 Å². The number of carboxylic acid groups (broad SMARTS) is 3. The van der Waals surface area contributed by atoms with E-state index in [2.05, 4.69) is 0 Å². The van der Waals surface area contributed by atoms with Crippen molar-refractivity contribution in [1.29, 1.82) is 5.26 Å². The molecule has 0 fully saturated rings. The molecule has 2 rings (SSSR count). The van der Waals surface area contributed by atoms with Crippen molar-refractivity contribution in [1.82, 2.24) is 0 Å². The Hall–Kier alpha value is -4.22. The monoisotopic (exact) mass is 482 g/mol. The summed E-state index contributed by atoms with van der Waals surface area (Å²) in [4.78, 5) is 42.1. The number of rotatable bonds is 8. The second-order valence-corrected chi connectivity index (χ2v) is 8.17. The standard InChI is InChI=1S/C13H10N2O4S.C6H8O7/c1-20(17,18)19-12-9(7-14)6-8-4-2-3-5-10(8)11(12)13(15)16;7-3(8)1-6(13,5(11)12)2-4(9)10/h2-6H,1H3,(H2,15,16);13H,1-2H2,(H,7,8)(H,9,10)(H,11,12). The van der Waals surface area contributed by atoms with E-state index in [1.165, 1.54) is 6.07 Å². The molecule has 6 N–H and O–H groups in total. The molecular weight excluding hydrogens is 464 g/mol. The topological polar surface area (TPSA) is 242 Å². The second kappa shape index (κ2) is 10.4. The molecule has 0 atom stereocenters. The van der Waals surface area contributed by atoms with Gasteiger partial charge in [0, 0.05) is 0 Å². The first kappa shape index (κ1) is 26.8. The summed E-state index contributed by atoms with van der Waals surface area (Å²) in [6.45, 7) is 0. The normalized spacial score (nSPS) is 10.9. The Morgan fingerprint density at radius 2 is 1.61 bits per heavy atom. The lowest BCUT2D eigenvalue weighted by Crippen LogP contribution is -2.42. The Labute approximate surface area is 186 Å². The lowest BCUT2D eigenvalue weighted by atomic mass is 9.96. The van der Waals surface area contributed by atoms with Crippen LogP contribution in [0.4, 0.5) is 0 Å². The molecule has 14 heteroatoms. The summed E-state index contributed by atoms with van der Waals surface area (Å²) in [6, 6.07) is 9.94. The van der Waals surface area contributed by atoms with Crippen molar-refractivity contribution < 1.29 is 52.2 Å². The smallest absolute Gasteiger partial charge is 0.336 e. The van der Waals surface area contributed by atoms with Gasteiger partial charge < -0.3 is 30.3 Å². The van der Waals surface area contributed by atoms with Crippen LogP contribution in [0.2, 0.25) is 0 Å². The van der Waals surface area contributed by atoms with E-state index in [0.29, 0.717) is 10.8 Å². The van der Waals surface area contributed by atoms with Crippen LogP contribution in [0.15, 0.2) is 30.3 Å². The minimum Gasteiger partial charge on any atom is -0.481 e. The van der Waals surface area contributed by atoms with Gasteiger partial charge in [-0.05, 0) is 16.8 Å². The first-order valence-corrected chi connectivity index (χ1v) is 10.5. The van der Waals surface area contributed by atoms with Gasteiger partial charge in [-0.15, -0.1) is 0 Å². The van der Waals surface area contributed by atoms with Crippen molar-refractivity contribution in [3.05, 3.63) is 41.5 Å². The fourth-order valence-electron chi connectivity index (χ4n) is 2.61.